The van der Waals surface area contributed by atoms with E-state index < -0.39 is 21.9 Å². The van der Waals surface area contributed by atoms with Gasteiger partial charge in [-0.1, -0.05) is 24.4 Å². The van der Waals surface area contributed by atoms with Gasteiger partial charge in [0.05, 0.1) is 16.5 Å². The van der Waals surface area contributed by atoms with Gasteiger partial charge < -0.3 is 5.11 Å². The molecule has 0 saturated carbocycles. The second kappa shape index (κ2) is 6.39. The fourth-order valence-corrected chi connectivity index (χ4v) is 4.38. The summed E-state index contributed by atoms with van der Waals surface area (Å²) in [6, 6.07) is 2.94. The van der Waals surface area contributed by atoms with Gasteiger partial charge in [-0.15, -0.1) is 0 Å². The Hall–Kier alpha value is -0.690. The Morgan fingerprint density at radius 2 is 2.10 bits per heavy atom. The number of rotatable bonds is 3. The standard InChI is InChI=1S/C13H17ClFNO3S/c14-12-8-11(5-6-13(12)15)20(18,19)16-7-3-1-2-4-10(16)9-17/h5-6,8,10,17H,1-4,7,9H2. The number of aliphatic hydroxyl groups excluding tert-OH is 1. The molecule has 20 heavy (non-hydrogen) atoms. The van der Waals surface area contributed by atoms with Crippen molar-refractivity contribution in [2.75, 3.05) is 13.2 Å². The van der Waals surface area contributed by atoms with Gasteiger partial charge in [0.1, 0.15) is 5.82 Å². The summed E-state index contributed by atoms with van der Waals surface area (Å²) in [5.41, 5.74) is 0. The highest BCUT2D eigenvalue weighted by atomic mass is 35.5. The lowest BCUT2D eigenvalue weighted by Gasteiger charge is -2.27. The fourth-order valence-electron chi connectivity index (χ4n) is 2.42. The molecule has 1 aliphatic heterocycles. The predicted molar refractivity (Wildman–Crippen MR) is 74.6 cm³/mol. The zero-order chi connectivity index (χ0) is 14.8. The van der Waals surface area contributed by atoms with E-state index in [0.717, 1.165) is 31.4 Å². The largest absolute Gasteiger partial charge is 0.395 e. The van der Waals surface area contributed by atoms with Crippen molar-refractivity contribution in [1.29, 1.82) is 0 Å². The molecule has 0 bridgehead atoms. The molecule has 112 valence electrons. The van der Waals surface area contributed by atoms with Crippen LogP contribution in [0, 0.1) is 5.82 Å². The smallest absolute Gasteiger partial charge is 0.243 e. The van der Waals surface area contributed by atoms with Crippen LogP contribution >= 0.6 is 11.6 Å². The molecule has 2 rings (SSSR count). The summed E-state index contributed by atoms with van der Waals surface area (Å²) in [5, 5.41) is 9.18. The number of hydrogen-bond donors (Lipinski definition) is 1. The summed E-state index contributed by atoms with van der Waals surface area (Å²) in [5.74, 6) is -0.653. The molecule has 0 amide bonds. The molecule has 0 radical (unpaired) electrons. The Bertz CT molecular complexity index is 579. The Labute approximate surface area is 123 Å². The van der Waals surface area contributed by atoms with E-state index in [1.54, 1.807) is 0 Å². The lowest BCUT2D eigenvalue weighted by atomic mass is 10.1. The summed E-state index contributed by atoms with van der Waals surface area (Å²) in [6.45, 7) is 0.150. The molecule has 1 aromatic rings. The minimum Gasteiger partial charge on any atom is -0.395 e. The van der Waals surface area contributed by atoms with E-state index in [1.165, 1.54) is 10.4 Å². The van der Waals surface area contributed by atoms with Crippen LogP contribution in [0.4, 0.5) is 4.39 Å². The minimum absolute atomic E-state index is 0.0377. The SMILES string of the molecule is O=S(=O)(c1ccc(F)c(Cl)c1)N1CCCCCC1CO. The molecule has 1 aliphatic rings. The molecule has 1 unspecified atom stereocenters. The second-order valence-electron chi connectivity index (χ2n) is 4.88. The quantitative estimate of drug-likeness (QED) is 0.930. The van der Waals surface area contributed by atoms with Gasteiger partial charge in [0.25, 0.3) is 0 Å². The minimum atomic E-state index is -3.76. The van der Waals surface area contributed by atoms with Gasteiger partial charge in [0.15, 0.2) is 0 Å². The Balaban J connectivity index is 2.38. The van der Waals surface area contributed by atoms with Crippen molar-refractivity contribution in [1.82, 2.24) is 4.31 Å². The third-order valence-corrected chi connectivity index (χ3v) is 5.77. The molecule has 7 heteroatoms. The highest BCUT2D eigenvalue weighted by Crippen LogP contribution is 2.27. The van der Waals surface area contributed by atoms with Gasteiger partial charge in [0, 0.05) is 12.6 Å². The van der Waals surface area contributed by atoms with Crippen LogP contribution in [0.25, 0.3) is 0 Å². The van der Waals surface area contributed by atoms with Crippen molar-refractivity contribution >= 4 is 21.6 Å². The Kier molecular flexibility index (Phi) is 5.01. The first kappa shape index (κ1) is 15.7. The lowest BCUT2D eigenvalue weighted by molar-refractivity contribution is 0.186. The molecule has 1 fully saturated rings. The van der Waals surface area contributed by atoms with Crippen LogP contribution in [0.2, 0.25) is 5.02 Å². The Morgan fingerprint density at radius 1 is 1.35 bits per heavy atom. The number of aliphatic hydroxyl groups is 1. The van der Waals surface area contributed by atoms with Crippen LogP contribution in [0.1, 0.15) is 25.7 Å². The highest BCUT2D eigenvalue weighted by Gasteiger charge is 2.32. The van der Waals surface area contributed by atoms with Crippen LogP contribution in [0.5, 0.6) is 0 Å². The number of hydrogen-bond acceptors (Lipinski definition) is 3. The van der Waals surface area contributed by atoms with E-state index in [-0.39, 0.29) is 16.5 Å². The van der Waals surface area contributed by atoms with E-state index in [2.05, 4.69) is 0 Å². The summed E-state index contributed by atoms with van der Waals surface area (Å²) in [7, 11) is -3.76. The zero-order valence-electron chi connectivity index (χ0n) is 10.9. The molecule has 1 saturated heterocycles. The average molecular weight is 322 g/mol. The monoisotopic (exact) mass is 321 g/mol. The highest BCUT2D eigenvalue weighted by molar-refractivity contribution is 7.89. The number of nitrogens with zero attached hydrogens (tertiary/aromatic N) is 1. The van der Waals surface area contributed by atoms with Crippen molar-refractivity contribution in [3.05, 3.63) is 29.0 Å². The maximum absolute atomic E-state index is 13.2. The molecule has 0 spiro atoms. The van der Waals surface area contributed by atoms with Gasteiger partial charge in [-0.05, 0) is 31.0 Å². The molecule has 4 nitrogen and oxygen atoms in total. The number of benzene rings is 1. The van der Waals surface area contributed by atoms with E-state index in [0.29, 0.717) is 13.0 Å². The fraction of sp³-hybridized carbons (Fsp3) is 0.538. The summed E-state index contributed by atoms with van der Waals surface area (Å²) in [6.07, 6.45) is 3.21. The van der Waals surface area contributed by atoms with Gasteiger partial charge in [-0.2, -0.15) is 4.31 Å². The van der Waals surface area contributed by atoms with Crippen LogP contribution < -0.4 is 0 Å². The molecule has 0 aromatic heterocycles. The third kappa shape index (κ3) is 3.14. The number of sulfonamides is 1. The van der Waals surface area contributed by atoms with Gasteiger partial charge in [-0.25, -0.2) is 12.8 Å². The van der Waals surface area contributed by atoms with Gasteiger partial charge >= 0.3 is 0 Å². The maximum Gasteiger partial charge on any atom is 0.243 e. The Morgan fingerprint density at radius 3 is 2.75 bits per heavy atom. The summed E-state index contributed by atoms with van der Waals surface area (Å²) >= 11 is 5.65. The second-order valence-corrected chi connectivity index (χ2v) is 7.18. The predicted octanol–water partition coefficient (Wildman–Crippen LogP) is 2.40. The van der Waals surface area contributed by atoms with Crippen molar-refractivity contribution in [2.45, 2.75) is 36.6 Å². The van der Waals surface area contributed by atoms with Crippen molar-refractivity contribution in [2.24, 2.45) is 0 Å². The topological polar surface area (TPSA) is 57.6 Å². The summed E-state index contributed by atoms with van der Waals surface area (Å²) in [4.78, 5) is -0.0377. The molecule has 0 aliphatic carbocycles. The van der Waals surface area contributed by atoms with Crippen molar-refractivity contribution < 1.29 is 17.9 Å². The van der Waals surface area contributed by atoms with Crippen LogP contribution in [0.3, 0.4) is 0 Å². The normalized spacial score (nSPS) is 21.6. The molecular formula is C13H17ClFNO3S. The van der Waals surface area contributed by atoms with E-state index in [9.17, 15) is 17.9 Å². The van der Waals surface area contributed by atoms with Gasteiger partial charge in [-0.3, -0.25) is 0 Å². The van der Waals surface area contributed by atoms with E-state index in [4.69, 9.17) is 11.6 Å². The summed E-state index contributed by atoms with van der Waals surface area (Å²) < 4.78 is 39.7. The van der Waals surface area contributed by atoms with Crippen molar-refractivity contribution in [3.63, 3.8) is 0 Å². The first-order valence-corrected chi connectivity index (χ1v) is 8.36. The van der Waals surface area contributed by atoms with Crippen molar-refractivity contribution in [3.8, 4) is 0 Å². The maximum atomic E-state index is 13.2. The first-order valence-electron chi connectivity index (χ1n) is 6.54. The average Bonchev–Trinajstić information content (AvgIpc) is 2.67. The van der Waals surface area contributed by atoms with E-state index in [1.807, 2.05) is 0 Å². The van der Waals surface area contributed by atoms with Crippen LogP contribution in [-0.4, -0.2) is 37.0 Å². The van der Waals surface area contributed by atoms with Crippen LogP contribution in [0.15, 0.2) is 23.1 Å². The molecule has 1 aromatic carbocycles. The first-order chi connectivity index (χ1) is 9.46. The van der Waals surface area contributed by atoms with E-state index >= 15 is 0 Å². The molecular weight excluding hydrogens is 305 g/mol. The molecule has 1 atom stereocenters. The van der Waals surface area contributed by atoms with Gasteiger partial charge in [0.2, 0.25) is 10.0 Å². The number of halogens is 2. The third-order valence-electron chi connectivity index (χ3n) is 3.53. The lowest BCUT2D eigenvalue weighted by Crippen LogP contribution is -2.42. The molecule has 1 N–H and O–H groups in total. The molecule has 1 heterocycles. The van der Waals surface area contributed by atoms with Crippen LogP contribution in [-0.2, 0) is 10.0 Å². The zero-order valence-corrected chi connectivity index (χ0v) is 12.5.